The second-order valence-corrected chi connectivity index (χ2v) is 7.53. The zero-order valence-corrected chi connectivity index (χ0v) is 14.3. The summed E-state index contributed by atoms with van der Waals surface area (Å²) < 4.78 is 26.6. The molecule has 2 N–H and O–H groups in total. The summed E-state index contributed by atoms with van der Waals surface area (Å²) in [6.07, 6.45) is 3.45. The van der Waals surface area contributed by atoms with E-state index in [2.05, 4.69) is 10.0 Å². The van der Waals surface area contributed by atoms with E-state index >= 15 is 0 Å². The average Bonchev–Trinajstić information content (AvgIpc) is 2.39. The molecule has 1 aromatic carbocycles. The van der Waals surface area contributed by atoms with E-state index in [1.807, 2.05) is 26.0 Å². The first-order valence-electron chi connectivity index (χ1n) is 7.29. The highest BCUT2D eigenvalue weighted by atomic mass is 35.5. The first kappa shape index (κ1) is 18.4. The average molecular weight is 333 g/mol. The van der Waals surface area contributed by atoms with Crippen LogP contribution in [0.25, 0.3) is 0 Å². The lowest BCUT2D eigenvalue weighted by molar-refractivity contribution is 0.372. The molecule has 0 spiro atoms. The van der Waals surface area contributed by atoms with Crippen molar-refractivity contribution in [2.24, 2.45) is 5.92 Å². The predicted octanol–water partition coefficient (Wildman–Crippen LogP) is 2.34. The summed E-state index contributed by atoms with van der Waals surface area (Å²) in [7, 11) is -3.37. The second-order valence-electron chi connectivity index (χ2n) is 5.82. The molecule has 0 aliphatic carbocycles. The Kier molecular flexibility index (Phi) is 7.13. The molecular formula is C15H25ClN2O2S. The molecule has 1 saturated heterocycles. The van der Waals surface area contributed by atoms with Crippen LogP contribution in [-0.2, 0) is 16.4 Å². The number of nitrogens with one attached hydrogen (secondary N) is 2. The van der Waals surface area contributed by atoms with Gasteiger partial charge in [0.25, 0.3) is 0 Å². The first-order valence-corrected chi connectivity index (χ1v) is 8.77. The largest absolute Gasteiger partial charge is 0.317 e. The van der Waals surface area contributed by atoms with Crippen molar-refractivity contribution >= 4 is 22.4 Å². The van der Waals surface area contributed by atoms with E-state index < -0.39 is 10.0 Å². The van der Waals surface area contributed by atoms with Gasteiger partial charge in [0.05, 0.1) is 4.90 Å². The van der Waals surface area contributed by atoms with E-state index in [4.69, 9.17) is 0 Å². The number of hydrogen-bond donors (Lipinski definition) is 2. The molecule has 0 bridgehead atoms. The van der Waals surface area contributed by atoms with Crippen LogP contribution < -0.4 is 10.0 Å². The van der Waals surface area contributed by atoms with Crippen LogP contribution in [-0.4, -0.2) is 27.5 Å². The monoisotopic (exact) mass is 332 g/mol. The molecule has 1 fully saturated rings. The minimum Gasteiger partial charge on any atom is -0.317 e. The van der Waals surface area contributed by atoms with Crippen molar-refractivity contribution in [3.05, 3.63) is 29.8 Å². The smallest absolute Gasteiger partial charge is 0.240 e. The van der Waals surface area contributed by atoms with Gasteiger partial charge in [0, 0.05) is 6.04 Å². The third kappa shape index (κ3) is 5.58. The van der Waals surface area contributed by atoms with Crippen LogP contribution in [0.3, 0.4) is 0 Å². The molecule has 2 rings (SSSR count). The Balaban J connectivity index is 0.00000220. The van der Waals surface area contributed by atoms with Crippen LogP contribution in [0.4, 0.5) is 0 Å². The molecule has 0 amide bonds. The highest BCUT2D eigenvalue weighted by Gasteiger charge is 2.16. The normalized spacial score (nSPS) is 16.7. The summed E-state index contributed by atoms with van der Waals surface area (Å²) in [5, 5.41) is 3.36. The predicted molar refractivity (Wildman–Crippen MR) is 88.4 cm³/mol. The van der Waals surface area contributed by atoms with Gasteiger partial charge in [-0.25, -0.2) is 13.1 Å². The van der Waals surface area contributed by atoms with Crippen molar-refractivity contribution < 1.29 is 8.42 Å². The van der Waals surface area contributed by atoms with E-state index in [1.54, 1.807) is 12.1 Å². The lowest BCUT2D eigenvalue weighted by Gasteiger charge is -2.22. The van der Waals surface area contributed by atoms with Crippen LogP contribution in [0.2, 0.25) is 0 Å². The molecular weight excluding hydrogens is 308 g/mol. The molecule has 4 nitrogen and oxygen atoms in total. The van der Waals surface area contributed by atoms with E-state index in [1.165, 1.54) is 18.4 Å². The van der Waals surface area contributed by atoms with Gasteiger partial charge in [-0.05, 0) is 69.8 Å². The van der Waals surface area contributed by atoms with Gasteiger partial charge in [-0.2, -0.15) is 0 Å². The third-order valence-corrected chi connectivity index (χ3v) is 5.28. The molecule has 21 heavy (non-hydrogen) atoms. The van der Waals surface area contributed by atoms with E-state index in [-0.39, 0.29) is 18.4 Å². The van der Waals surface area contributed by atoms with Crippen LogP contribution in [0.15, 0.2) is 29.2 Å². The Labute approximate surface area is 134 Å². The van der Waals surface area contributed by atoms with Gasteiger partial charge in [0.1, 0.15) is 0 Å². The zero-order chi connectivity index (χ0) is 14.6. The Morgan fingerprint density at radius 3 is 2.29 bits per heavy atom. The molecule has 0 atom stereocenters. The summed E-state index contributed by atoms with van der Waals surface area (Å²) in [6.45, 7) is 5.83. The Hall–Kier alpha value is -0.620. The highest BCUT2D eigenvalue weighted by Crippen LogP contribution is 2.19. The Bertz CT molecular complexity index is 523. The zero-order valence-electron chi connectivity index (χ0n) is 12.6. The lowest BCUT2D eigenvalue weighted by Crippen LogP contribution is -2.30. The standard InChI is InChI=1S/C15H24N2O2S.ClH/c1-12(2)17-20(18,19)15-5-3-13(4-6-15)11-14-7-9-16-10-8-14;/h3-6,12,14,16-17H,7-11H2,1-2H3;1H. The molecule has 0 aromatic heterocycles. The molecule has 0 unspecified atom stereocenters. The van der Waals surface area contributed by atoms with E-state index in [0.29, 0.717) is 10.8 Å². The van der Waals surface area contributed by atoms with Crippen molar-refractivity contribution in [1.82, 2.24) is 10.0 Å². The van der Waals surface area contributed by atoms with Crippen LogP contribution in [0.5, 0.6) is 0 Å². The van der Waals surface area contributed by atoms with Gasteiger partial charge in [-0.15, -0.1) is 12.4 Å². The first-order chi connectivity index (χ1) is 9.47. The Morgan fingerprint density at radius 2 is 1.76 bits per heavy atom. The van der Waals surface area contributed by atoms with E-state index in [0.717, 1.165) is 19.5 Å². The third-order valence-electron chi connectivity index (χ3n) is 3.61. The second kappa shape index (κ2) is 8.13. The number of piperidine rings is 1. The number of rotatable bonds is 5. The van der Waals surface area contributed by atoms with Crippen molar-refractivity contribution in [2.75, 3.05) is 13.1 Å². The minimum absolute atomic E-state index is 0. The summed E-state index contributed by atoms with van der Waals surface area (Å²) in [4.78, 5) is 0.347. The van der Waals surface area contributed by atoms with Gasteiger partial charge in [-0.1, -0.05) is 12.1 Å². The van der Waals surface area contributed by atoms with Gasteiger partial charge in [0.2, 0.25) is 10.0 Å². The summed E-state index contributed by atoms with van der Waals surface area (Å²) in [6, 6.07) is 7.21. The molecule has 1 heterocycles. The molecule has 1 aliphatic heterocycles. The van der Waals surface area contributed by atoms with Gasteiger partial charge >= 0.3 is 0 Å². The van der Waals surface area contributed by atoms with Crippen molar-refractivity contribution in [3.8, 4) is 0 Å². The number of sulfonamides is 1. The number of hydrogen-bond acceptors (Lipinski definition) is 3. The van der Waals surface area contributed by atoms with E-state index in [9.17, 15) is 8.42 Å². The molecule has 6 heteroatoms. The minimum atomic E-state index is -3.37. The highest BCUT2D eigenvalue weighted by molar-refractivity contribution is 7.89. The Morgan fingerprint density at radius 1 is 1.19 bits per heavy atom. The summed E-state index contributed by atoms with van der Waals surface area (Å²) in [5.41, 5.74) is 1.22. The van der Waals surface area contributed by atoms with Crippen LogP contribution >= 0.6 is 12.4 Å². The topological polar surface area (TPSA) is 58.2 Å². The maximum Gasteiger partial charge on any atom is 0.240 e. The van der Waals surface area contributed by atoms with Gasteiger partial charge < -0.3 is 5.32 Å². The maximum absolute atomic E-state index is 12.0. The maximum atomic E-state index is 12.0. The van der Waals surface area contributed by atoms with Gasteiger partial charge in [-0.3, -0.25) is 0 Å². The van der Waals surface area contributed by atoms with Crippen LogP contribution in [0.1, 0.15) is 32.3 Å². The molecule has 1 aromatic rings. The molecule has 120 valence electrons. The number of benzene rings is 1. The SMILES string of the molecule is CC(C)NS(=O)(=O)c1ccc(CC2CCNCC2)cc1.Cl. The van der Waals surface area contributed by atoms with Crippen molar-refractivity contribution in [2.45, 2.75) is 44.0 Å². The number of halogens is 1. The fourth-order valence-corrected chi connectivity index (χ4v) is 3.85. The van der Waals surface area contributed by atoms with Gasteiger partial charge in [0.15, 0.2) is 0 Å². The summed E-state index contributed by atoms with van der Waals surface area (Å²) in [5.74, 6) is 0.715. The molecule has 1 aliphatic rings. The summed E-state index contributed by atoms with van der Waals surface area (Å²) >= 11 is 0. The fraction of sp³-hybridized carbons (Fsp3) is 0.600. The fourth-order valence-electron chi connectivity index (χ4n) is 2.60. The molecule has 0 radical (unpaired) electrons. The van der Waals surface area contributed by atoms with Crippen molar-refractivity contribution in [1.29, 1.82) is 0 Å². The quantitative estimate of drug-likeness (QED) is 0.870. The molecule has 0 saturated carbocycles. The van der Waals surface area contributed by atoms with Crippen molar-refractivity contribution in [3.63, 3.8) is 0 Å². The lowest BCUT2D eigenvalue weighted by atomic mass is 9.91. The van der Waals surface area contributed by atoms with Crippen LogP contribution in [0, 0.1) is 5.92 Å².